The van der Waals surface area contributed by atoms with E-state index < -0.39 is 11.7 Å². The lowest BCUT2D eigenvalue weighted by Crippen LogP contribution is -2.51. The molecular weight excluding hydrogens is 485 g/mol. The van der Waals surface area contributed by atoms with E-state index in [2.05, 4.69) is 0 Å². The third-order valence-electron chi connectivity index (χ3n) is 7.82. The van der Waals surface area contributed by atoms with Crippen LogP contribution in [0, 0.1) is 11.7 Å². The van der Waals surface area contributed by atoms with Crippen LogP contribution < -0.4 is 10.5 Å². The van der Waals surface area contributed by atoms with Crippen molar-refractivity contribution in [2.45, 2.75) is 19.3 Å². The summed E-state index contributed by atoms with van der Waals surface area (Å²) in [7, 11) is 1.40. The number of methoxy groups -OCH3 is 1. The van der Waals surface area contributed by atoms with E-state index in [0.717, 1.165) is 35.1 Å². The first-order chi connectivity index (χ1) is 18.3. The SMILES string of the molecule is COc1ccc(-c2cc(C(N)=O)c3c(c2)-c2cc(C(=O)N4CCN(C(=O)C5CC5)CC4)ccc2C3)cc1F. The fourth-order valence-electron chi connectivity index (χ4n) is 5.54. The van der Waals surface area contributed by atoms with Gasteiger partial charge < -0.3 is 20.3 Å². The minimum atomic E-state index is -0.556. The normalized spacial score (nSPS) is 16.2. The van der Waals surface area contributed by atoms with Crippen molar-refractivity contribution in [2.24, 2.45) is 11.7 Å². The van der Waals surface area contributed by atoms with Crippen molar-refractivity contribution >= 4 is 17.7 Å². The molecule has 0 radical (unpaired) electrons. The van der Waals surface area contributed by atoms with Crippen LogP contribution in [0.5, 0.6) is 5.75 Å². The molecule has 0 aromatic heterocycles. The highest BCUT2D eigenvalue weighted by Gasteiger charge is 2.35. The van der Waals surface area contributed by atoms with Gasteiger partial charge in [-0.2, -0.15) is 0 Å². The summed E-state index contributed by atoms with van der Waals surface area (Å²) in [6.45, 7) is 2.12. The zero-order valence-corrected chi connectivity index (χ0v) is 21.1. The van der Waals surface area contributed by atoms with Gasteiger partial charge in [-0.15, -0.1) is 0 Å². The Labute approximate surface area is 220 Å². The monoisotopic (exact) mass is 513 g/mol. The van der Waals surface area contributed by atoms with Gasteiger partial charge in [-0.25, -0.2) is 4.39 Å². The van der Waals surface area contributed by atoms with Crippen LogP contribution in [-0.4, -0.2) is 60.8 Å². The Morgan fingerprint density at radius 2 is 1.63 bits per heavy atom. The zero-order valence-electron chi connectivity index (χ0n) is 21.1. The van der Waals surface area contributed by atoms with Gasteiger partial charge in [0.05, 0.1) is 7.11 Å². The molecule has 0 atom stereocenters. The number of carbonyl (C=O) groups is 3. The molecule has 1 saturated carbocycles. The summed E-state index contributed by atoms with van der Waals surface area (Å²) in [6.07, 6.45) is 2.47. The Hall–Kier alpha value is -4.20. The number of nitrogens with two attached hydrogens (primary N) is 1. The number of hydrogen-bond acceptors (Lipinski definition) is 4. The van der Waals surface area contributed by atoms with Crippen LogP contribution in [-0.2, 0) is 11.2 Å². The second kappa shape index (κ2) is 9.28. The van der Waals surface area contributed by atoms with Gasteiger partial charge in [0.25, 0.3) is 5.91 Å². The molecule has 194 valence electrons. The first-order valence-corrected chi connectivity index (χ1v) is 12.9. The molecule has 2 fully saturated rings. The fraction of sp³-hybridized carbons (Fsp3) is 0.300. The minimum Gasteiger partial charge on any atom is -0.494 e. The lowest BCUT2D eigenvalue weighted by molar-refractivity contribution is -0.134. The first kappa shape index (κ1) is 24.2. The molecule has 1 heterocycles. The van der Waals surface area contributed by atoms with Crippen molar-refractivity contribution in [1.82, 2.24) is 9.80 Å². The number of halogens is 1. The van der Waals surface area contributed by atoms with Gasteiger partial charge in [-0.3, -0.25) is 14.4 Å². The number of piperazine rings is 1. The summed E-state index contributed by atoms with van der Waals surface area (Å²) in [4.78, 5) is 41.8. The van der Waals surface area contributed by atoms with E-state index in [1.807, 2.05) is 29.2 Å². The molecule has 7 nitrogen and oxygen atoms in total. The fourth-order valence-corrected chi connectivity index (χ4v) is 5.54. The van der Waals surface area contributed by atoms with Crippen molar-refractivity contribution < 1.29 is 23.5 Å². The number of hydrogen-bond donors (Lipinski definition) is 1. The summed E-state index contributed by atoms with van der Waals surface area (Å²) in [5.41, 5.74) is 11.4. The van der Waals surface area contributed by atoms with Crippen LogP contribution in [0.4, 0.5) is 4.39 Å². The summed E-state index contributed by atoms with van der Waals surface area (Å²) < 4.78 is 19.5. The molecule has 3 aliphatic rings. The number of fused-ring (bicyclic) bond motifs is 3. The van der Waals surface area contributed by atoms with Gasteiger partial charge in [0.2, 0.25) is 11.8 Å². The summed E-state index contributed by atoms with van der Waals surface area (Å²) in [6, 6.07) is 13.9. The molecule has 1 saturated heterocycles. The number of carbonyl (C=O) groups excluding carboxylic acids is 3. The second-order valence-corrected chi connectivity index (χ2v) is 10.2. The molecule has 3 aromatic carbocycles. The number of rotatable bonds is 5. The van der Waals surface area contributed by atoms with Crippen LogP contribution >= 0.6 is 0 Å². The standard InChI is InChI=1S/C30H28FN3O4/c1-38-27-7-6-18(16-26(27)31)21-14-23-22-13-20(5-4-19(22)12-24(23)25(15-21)28(32)35)30(37)34-10-8-33(9-11-34)29(36)17-2-3-17/h4-7,13-17H,2-3,8-12H2,1H3,(H2,32,35). The van der Waals surface area contributed by atoms with Gasteiger partial charge in [0, 0.05) is 43.2 Å². The smallest absolute Gasteiger partial charge is 0.253 e. The molecule has 2 aliphatic carbocycles. The molecule has 0 bridgehead atoms. The molecule has 3 aromatic rings. The van der Waals surface area contributed by atoms with Crippen molar-refractivity contribution in [3.05, 3.63) is 76.6 Å². The maximum atomic E-state index is 14.5. The van der Waals surface area contributed by atoms with E-state index in [-0.39, 0.29) is 23.5 Å². The van der Waals surface area contributed by atoms with Gasteiger partial charge in [0.1, 0.15) is 0 Å². The molecule has 0 spiro atoms. The predicted molar refractivity (Wildman–Crippen MR) is 140 cm³/mol. The largest absolute Gasteiger partial charge is 0.494 e. The van der Waals surface area contributed by atoms with Crippen LogP contribution in [0.15, 0.2) is 48.5 Å². The van der Waals surface area contributed by atoms with Gasteiger partial charge >= 0.3 is 0 Å². The Morgan fingerprint density at radius 3 is 2.29 bits per heavy atom. The quantitative estimate of drug-likeness (QED) is 0.439. The highest BCUT2D eigenvalue weighted by molar-refractivity contribution is 6.01. The highest BCUT2D eigenvalue weighted by atomic mass is 19.1. The number of benzene rings is 3. The predicted octanol–water partition coefficient (Wildman–Crippen LogP) is 3.87. The summed E-state index contributed by atoms with van der Waals surface area (Å²) >= 11 is 0. The van der Waals surface area contributed by atoms with Gasteiger partial charge in [-0.05, 0) is 89.0 Å². The lowest BCUT2D eigenvalue weighted by Gasteiger charge is -2.35. The second-order valence-electron chi connectivity index (χ2n) is 10.2. The topological polar surface area (TPSA) is 92.9 Å². The minimum absolute atomic E-state index is 0.0803. The van der Waals surface area contributed by atoms with Crippen molar-refractivity contribution in [3.63, 3.8) is 0 Å². The van der Waals surface area contributed by atoms with Gasteiger partial charge in [0.15, 0.2) is 11.6 Å². The maximum Gasteiger partial charge on any atom is 0.253 e. The van der Waals surface area contributed by atoms with Crippen LogP contribution in [0.25, 0.3) is 22.3 Å². The van der Waals surface area contributed by atoms with Crippen LogP contribution in [0.1, 0.15) is 44.7 Å². The van der Waals surface area contributed by atoms with E-state index in [1.54, 1.807) is 23.1 Å². The molecular formula is C30H28FN3O4. The highest BCUT2D eigenvalue weighted by Crippen LogP contribution is 2.42. The van der Waals surface area contributed by atoms with Crippen LogP contribution in [0.3, 0.4) is 0 Å². The lowest BCUT2D eigenvalue weighted by atomic mass is 9.93. The maximum absolute atomic E-state index is 14.5. The Bertz CT molecular complexity index is 1490. The number of ether oxygens (including phenoxy) is 1. The average Bonchev–Trinajstić information content (AvgIpc) is 3.72. The van der Waals surface area contributed by atoms with Crippen molar-refractivity contribution in [1.29, 1.82) is 0 Å². The molecule has 0 unspecified atom stereocenters. The van der Waals surface area contributed by atoms with Crippen LogP contribution in [0.2, 0.25) is 0 Å². The van der Waals surface area contributed by atoms with E-state index >= 15 is 0 Å². The van der Waals surface area contributed by atoms with E-state index in [1.165, 1.54) is 13.2 Å². The molecule has 6 rings (SSSR count). The Balaban J connectivity index is 1.31. The first-order valence-electron chi connectivity index (χ1n) is 12.9. The third kappa shape index (κ3) is 4.20. The van der Waals surface area contributed by atoms with E-state index in [9.17, 15) is 18.8 Å². The molecule has 1 aliphatic heterocycles. The number of nitrogens with zero attached hydrogens (tertiary/aromatic N) is 2. The van der Waals surface area contributed by atoms with Crippen molar-refractivity contribution in [3.8, 4) is 28.0 Å². The molecule has 2 N–H and O–H groups in total. The number of amides is 3. The molecule has 3 amide bonds. The van der Waals surface area contributed by atoms with Gasteiger partial charge in [-0.1, -0.05) is 12.1 Å². The summed E-state index contributed by atoms with van der Waals surface area (Å²) in [5.74, 6) is -0.611. The molecule has 8 heteroatoms. The molecule has 38 heavy (non-hydrogen) atoms. The zero-order chi connectivity index (χ0) is 26.6. The Morgan fingerprint density at radius 1 is 0.895 bits per heavy atom. The summed E-state index contributed by atoms with van der Waals surface area (Å²) in [5, 5.41) is 0. The third-order valence-corrected chi connectivity index (χ3v) is 7.82. The van der Waals surface area contributed by atoms with E-state index in [4.69, 9.17) is 10.5 Å². The van der Waals surface area contributed by atoms with E-state index in [0.29, 0.717) is 54.9 Å². The van der Waals surface area contributed by atoms with Crippen molar-refractivity contribution in [2.75, 3.05) is 33.3 Å². The number of primary amides is 1. The Kier molecular flexibility index (Phi) is 5.90. The average molecular weight is 514 g/mol.